The maximum Gasteiger partial charge on any atom is 1.00 e. The first-order chi connectivity index (χ1) is 10.6. The van der Waals surface area contributed by atoms with Crippen molar-refractivity contribution >= 4 is 47.8 Å². The van der Waals surface area contributed by atoms with Crippen molar-refractivity contribution in [1.29, 1.82) is 0 Å². The SMILES string of the molecule is O.O.O.O.O=C([O-])C(=O)[O-].O=C([O-])C(=O)[O-].O=C([O-])C(=O)[O-].O=C([O-])C(=O)[O-].[K+].[K+].[K+].[K+].[K+].[K+].[K+].[K+]. The molecular formula is C8H8K8O20. The number of carbonyl (C=O) groups is 8. The third kappa shape index (κ3) is 122. The van der Waals surface area contributed by atoms with Crippen molar-refractivity contribution < 1.29 is 512 Å². The van der Waals surface area contributed by atoms with E-state index < -0.39 is 47.8 Å². The first-order valence-corrected chi connectivity index (χ1v) is 4.27. The summed E-state index contributed by atoms with van der Waals surface area (Å²) in [5.74, 6) is -17.5. The van der Waals surface area contributed by atoms with E-state index >= 15 is 0 Å². The molecule has 0 amide bonds. The summed E-state index contributed by atoms with van der Waals surface area (Å²) < 4.78 is 0. The van der Waals surface area contributed by atoms with Crippen LogP contribution in [0.5, 0.6) is 0 Å². The van der Waals surface area contributed by atoms with Crippen molar-refractivity contribution in [2.24, 2.45) is 0 Å². The number of carbonyl (C=O) groups excluding carboxylic acids is 8. The molecule has 168 valence electrons. The minimum Gasteiger partial charge on any atom is -0.543 e. The number of carboxylic acid groups (broad SMARTS) is 8. The smallest absolute Gasteiger partial charge is 0.543 e. The summed E-state index contributed by atoms with van der Waals surface area (Å²) in [6.07, 6.45) is 0. The van der Waals surface area contributed by atoms with Crippen LogP contribution < -0.4 is 452 Å². The van der Waals surface area contributed by atoms with E-state index in [4.69, 9.17) is 79.2 Å². The summed E-state index contributed by atoms with van der Waals surface area (Å²) in [5, 5.41) is 71.4. The standard InChI is InChI=1S/4C2H2O4.8K.4H2O/c4*3-1(4)2(5)6;;;;;;;;;;;;/h4*(H,3,4)(H,5,6);;;;;;;;;4*1H2/q;;;;8*+1;;;;/p-8. The molecule has 0 bridgehead atoms. The fraction of sp³-hybridized carbons (Fsp3) is 0. The first-order valence-electron chi connectivity index (χ1n) is 4.27. The van der Waals surface area contributed by atoms with E-state index in [1.165, 1.54) is 0 Å². The van der Waals surface area contributed by atoms with Gasteiger partial charge in [0, 0.05) is 0 Å². The molecule has 0 aromatic heterocycles. The van der Waals surface area contributed by atoms with Crippen molar-refractivity contribution in [1.82, 2.24) is 0 Å². The van der Waals surface area contributed by atoms with Gasteiger partial charge in [0.15, 0.2) is 0 Å². The molecule has 0 atom stereocenters. The van der Waals surface area contributed by atoms with Crippen LogP contribution in [0.4, 0.5) is 0 Å². The van der Waals surface area contributed by atoms with E-state index in [0.29, 0.717) is 0 Å². The number of rotatable bonds is 0. The molecule has 0 spiro atoms. The Morgan fingerprint density at radius 2 is 0.250 bits per heavy atom. The van der Waals surface area contributed by atoms with Crippen molar-refractivity contribution in [2.45, 2.75) is 0 Å². The van der Waals surface area contributed by atoms with Gasteiger partial charge in [0.2, 0.25) is 0 Å². The quantitative estimate of drug-likeness (QED) is 0.164. The number of hydrogen-bond donors (Lipinski definition) is 0. The van der Waals surface area contributed by atoms with Crippen molar-refractivity contribution in [3.8, 4) is 0 Å². The minimum atomic E-state index is -2.19. The third-order valence-electron chi connectivity index (χ3n) is 0.667. The molecule has 28 heteroatoms. The average Bonchev–Trinajstić information content (AvgIpc) is 2.40. The monoisotopic (exact) mass is 736 g/mol. The fourth-order valence-corrected chi connectivity index (χ4v) is 0. The zero-order chi connectivity index (χ0) is 20.6. The normalized spacial score (nSPS) is 4.89. The van der Waals surface area contributed by atoms with Crippen LogP contribution in [0.2, 0.25) is 0 Å². The predicted octanol–water partition coefficient (Wildman–Crippen LogP) is -41.3. The summed E-state index contributed by atoms with van der Waals surface area (Å²) in [7, 11) is 0. The maximum atomic E-state index is 8.93. The van der Waals surface area contributed by atoms with Gasteiger partial charge >= 0.3 is 411 Å². The molecule has 0 heterocycles. The zero-order valence-corrected chi connectivity index (χ0v) is 45.5. The van der Waals surface area contributed by atoms with E-state index in [1.54, 1.807) is 0 Å². The van der Waals surface area contributed by atoms with Crippen molar-refractivity contribution in [3.05, 3.63) is 0 Å². The Bertz CT molecular complexity index is 412. The minimum absolute atomic E-state index is 0. The van der Waals surface area contributed by atoms with Crippen LogP contribution in [0, 0.1) is 0 Å². The fourth-order valence-electron chi connectivity index (χ4n) is 0. The molecule has 0 saturated carbocycles. The van der Waals surface area contributed by atoms with Gasteiger partial charge in [-0.2, -0.15) is 0 Å². The molecule has 0 aromatic rings. The van der Waals surface area contributed by atoms with Gasteiger partial charge in [0.25, 0.3) is 0 Å². The van der Waals surface area contributed by atoms with Gasteiger partial charge in [-0.15, -0.1) is 0 Å². The van der Waals surface area contributed by atoms with Crippen LogP contribution in [0.3, 0.4) is 0 Å². The second-order valence-corrected chi connectivity index (χ2v) is 2.30. The van der Waals surface area contributed by atoms with Gasteiger partial charge in [0.05, 0.1) is 47.8 Å². The van der Waals surface area contributed by atoms with Crippen LogP contribution in [-0.4, -0.2) is 69.7 Å². The molecule has 0 aromatic carbocycles. The van der Waals surface area contributed by atoms with Crippen molar-refractivity contribution in [3.63, 3.8) is 0 Å². The molecule has 0 saturated heterocycles. The topological polar surface area (TPSA) is 447 Å². The second kappa shape index (κ2) is 74.5. The van der Waals surface area contributed by atoms with E-state index in [1.807, 2.05) is 0 Å². The Balaban J connectivity index is -0.00000000952. The molecule has 20 nitrogen and oxygen atoms in total. The van der Waals surface area contributed by atoms with Crippen LogP contribution in [0.1, 0.15) is 0 Å². The molecule has 8 N–H and O–H groups in total. The summed E-state index contributed by atoms with van der Waals surface area (Å²) >= 11 is 0. The summed E-state index contributed by atoms with van der Waals surface area (Å²) in [6, 6.07) is 0. The molecular weight excluding hydrogens is 729 g/mol. The number of carboxylic acids is 8. The second-order valence-electron chi connectivity index (χ2n) is 2.30. The Morgan fingerprint density at radius 3 is 0.250 bits per heavy atom. The molecule has 0 unspecified atom stereocenters. The predicted molar refractivity (Wildman–Crippen MR) is 54.5 cm³/mol. The van der Waals surface area contributed by atoms with Gasteiger partial charge in [0.1, 0.15) is 0 Å². The summed E-state index contributed by atoms with van der Waals surface area (Å²) in [5.41, 5.74) is 0. The Morgan fingerprint density at radius 1 is 0.222 bits per heavy atom. The Kier molecular flexibility index (Phi) is 214. The molecule has 0 aliphatic rings. The molecule has 0 fully saturated rings. The molecule has 0 aliphatic carbocycles. The first kappa shape index (κ1) is 104. The van der Waals surface area contributed by atoms with Crippen molar-refractivity contribution in [2.75, 3.05) is 0 Å². The Hall–Kier alpha value is 8.69. The van der Waals surface area contributed by atoms with Crippen LogP contribution >= 0.6 is 0 Å². The van der Waals surface area contributed by atoms with E-state index in [0.717, 1.165) is 0 Å². The van der Waals surface area contributed by atoms with Gasteiger partial charge in [-0.05, 0) is 0 Å². The van der Waals surface area contributed by atoms with Gasteiger partial charge in [-0.25, -0.2) is 0 Å². The van der Waals surface area contributed by atoms with Crippen LogP contribution in [-0.2, 0) is 38.4 Å². The van der Waals surface area contributed by atoms with E-state index in [2.05, 4.69) is 0 Å². The molecule has 0 rings (SSSR count). The molecule has 36 heavy (non-hydrogen) atoms. The molecule has 0 radical (unpaired) electrons. The average molecular weight is 737 g/mol. The summed E-state index contributed by atoms with van der Waals surface area (Å²) in [6.45, 7) is 0. The third-order valence-corrected chi connectivity index (χ3v) is 0.667. The number of aliphatic carboxylic acids is 8. The largest absolute Gasteiger partial charge is 1.00 e. The van der Waals surface area contributed by atoms with Crippen LogP contribution in [0.25, 0.3) is 0 Å². The maximum absolute atomic E-state index is 8.93. The summed E-state index contributed by atoms with van der Waals surface area (Å²) in [4.78, 5) is 71.4. The van der Waals surface area contributed by atoms with E-state index in [-0.39, 0.29) is 433 Å². The number of hydrogen-bond acceptors (Lipinski definition) is 16. The molecule has 0 aliphatic heterocycles. The van der Waals surface area contributed by atoms with Gasteiger partial charge < -0.3 is 101 Å². The van der Waals surface area contributed by atoms with E-state index in [9.17, 15) is 0 Å². The van der Waals surface area contributed by atoms with Crippen LogP contribution in [0.15, 0.2) is 0 Å². The zero-order valence-electron chi connectivity index (χ0n) is 20.5. The van der Waals surface area contributed by atoms with Gasteiger partial charge in [-0.3, -0.25) is 0 Å². The van der Waals surface area contributed by atoms with Gasteiger partial charge in [-0.1, -0.05) is 0 Å². The Labute approximate surface area is 541 Å².